The predicted octanol–water partition coefficient (Wildman–Crippen LogP) is 1.41. The Morgan fingerprint density at radius 3 is 3.00 bits per heavy atom. The van der Waals surface area contributed by atoms with Crippen LogP contribution in [0.2, 0.25) is 0 Å². The summed E-state index contributed by atoms with van der Waals surface area (Å²) < 4.78 is 10.9. The quantitative estimate of drug-likeness (QED) is 0.837. The number of amides is 1. The van der Waals surface area contributed by atoms with Crippen LogP contribution in [-0.2, 0) is 0 Å². The van der Waals surface area contributed by atoms with Crippen molar-refractivity contribution in [2.45, 2.75) is 6.42 Å². The average Bonchev–Trinajstić information content (AvgIpc) is 2.35. The maximum Gasteiger partial charge on any atom is 0.255 e. The van der Waals surface area contributed by atoms with E-state index in [1.165, 1.54) is 0 Å². The minimum atomic E-state index is -0.147. The molecule has 2 rings (SSSR count). The van der Waals surface area contributed by atoms with Gasteiger partial charge in [-0.15, -0.1) is 0 Å². The lowest BCUT2D eigenvalue weighted by Gasteiger charge is -2.20. The van der Waals surface area contributed by atoms with Gasteiger partial charge in [0.1, 0.15) is 13.2 Å². The number of nitrogens with one attached hydrogen (secondary N) is 1. The third-order valence-corrected chi connectivity index (χ3v) is 2.27. The van der Waals surface area contributed by atoms with Crippen molar-refractivity contribution >= 4 is 5.91 Å². The number of carbonyl (C=O) groups excluding carboxylic acids is 1. The topological polar surface area (TPSA) is 47.6 Å². The van der Waals surface area contributed by atoms with Crippen LogP contribution in [0.1, 0.15) is 16.8 Å². The van der Waals surface area contributed by atoms with Gasteiger partial charge in [0, 0.05) is 6.54 Å². The molecule has 0 saturated heterocycles. The van der Waals surface area contributed by atoms with Gasteiger partial charge in [-0.25, -0.2) is 0 Å². The van der Waals surface area contributed by atoms with Crippen LogP contribution in [0.4, 0.5) is 0 Å². The molecule has 1 N–H and O–H groups in total. The van der Waals surface area contributed by atoms with Gasteiger partial charge in [0.2, 0.25) is 0 Å². The van der Waals surface area contributed by atoms with Crippen molar-refractivity contribution in [1.29, 1.82) is 0 Å². The summed E-state index contributed by atoms with van der Waals surface area (Å²) in [6.07, 6.45) is 0.665. The molecule has 16 heavy (non-hydrogen) atoms. The molecule has 1 heterocycles. The van der Waals surface area contributed by atoms with Crippen molar-refractivity contribution in [2.75, 3.05) is 19.8 Å². The molecule has 1 radical (unpaired) electrons. The van der Waals surface area contributed by atoms with Crippen LogP contribution < -0.4 is 14.8 Å². The Kier molecular flexibility index (Phi) is 3.29. The monoisotopic (exact) mass is 220 g/mol. The number of rotatable bonds is 3. The number of hydrogen-bond donors (Lipinski definition) is 1. The molecule has 4 nitrogen and oxygen atoms in total. The van der Waals surface area contributed by atoms with Crippen molar-refractivity contribution in [3.05, 3.63) is 30.7 Å². The van der Waals surface area contributed by atoms with E-state index in [9.17, 15) is 4.79 Å². The summed E-state index contributed by atoms with van der Waals surface area (Å²) in [6.45, 7) is 5.23. The van der Waals surface area contributed by atoms with Gasteiger partial charge >= 0.3 is 0 Å². The smallest absolute Gasteiger partial charge is 0.255 e. The standard InChI is InChI=1S/C12H14NO3/c1-2-6-13-12(14)9-4-3-5-10-11(9)16-8-7-15-10/h3-5H,1-2,6-8H2,(H,13,14). The Hall–Kier alpha value is -1.71. The molecule has 1 amide bonds. The Morgan fingerprint density at radius 2 is 2.19 bits per heavy atom. The van der Waals surface area contributed by atoms with Crippen molar-refractivity contribution in [1.82, 2.24) is 5.32 Å². The fourth-order valence-electron chi connectivity index (χ4n) is 1.55. The highest BCUT2D eigenvalue weighted by Crippen LogP contribution is 2.33. The molecule has 0 aliphatic carbocycles. The van der Waals surface area contributed by atoms with Crippen molar-refractivity contribution in [3.63, 3.8) is 0 Å². The number of carbonyl (C=O) groups is 1. The molecule has 0 unspecified atom stereocenters. The predicted molar refractivity (Wildman–Crippen MR) is 59.7 cm³/mol. The van der Waals surface area contributed by atoms with E-state index in [4.69, 9.17) is 9.47 Å². The maximum absolute atomic E-state index is 11.8. The fourth-order valence-corrected chi connectivity index (χ4v) is 1.55. The SMILES string of the molecule is [CH2]CCNC(=O)c1cccc2c1OCCO2. The summed E-state index contributed by atoms with van der Waals surface area (Å²) >= 11 is 0. The zero-order valence-corrected chi connectivity index (χ0v) is 8.99. The fraction of sp³-hybridized carbons (Fsp3) is 0.333. The van der Waals surface area contributed by atoms with Gasteiger partial charge in [-0.3, -0.25) is 4.79 Å². The van der Waals surface area contributed by atoms with Crippen LogP contribution in [0.25, 0.3) is 0 Å². The Labute approximate surface area is 94.6 Å². The summed E-state index contributed by atoms with van der Waals surface area (Å²) in [7, 11) is 0. The molecule has 0 fully saturated rings. The lowest BCUT2D eigenvalue weighted by Crippen LogP contribution is -2.26. The van der Waals surface area contributed by atoms with Gasteiger partial charge < -0.3 is 14.8 Å². The molecular formula is C12H14NO3. The zero-order chi connectivity index (χ0) is 11.4. The second kappa shape index (κ2) is 4.88. The molecular weight excluding hydrogens is 206 g/mol. The number of ether oxygens (including phenoxy) is 2. The molecule has 0 bridgehead atoms. The van der Waals surface area contributed by atoms with Crippen LogP contribution in [0.5, 0.6) is 11.5 Å². The molecule has 85 valence electrons. The highest BCUT2D eigenvalue weighted by Gasteiger charge is 2.19. The molecule has 0 atom stereocenters. The first-order valence-corrected chi connectivity index (χ1v) is 5.29. The minimum Gasteiger partial charge on any atom is -0.486 e. The number of hydrogen-bond acceptors (Lipinski definition) is 3. The molecule has 1 aliphatic rings. The lowest BCUT2D eigenvalue weighted by molar-refractivity contribution is 0.0943. The Morgan fingerprint density at radius 1 is 1.38 bits per heavy atom. The van der Waals surface area contributed by atoms with Gasteiger partial charge in [0.15, 0.2) is 11.5 Å². The molecule has 1 aliphatic heterocycles. The average molecular weight is 220 g/mol. The van der Waals surface area contributed by atoms with Gasteiger partial charge in [0.25, 0.3) is 5.91 Å². The van der Waals surface area contributed by atoms with Crippen LogP contribution in [-0.4, -0.2) is 25.7 Å². The van der Waals surface area contributed by atoms with Gasteiger partial charge in [0.05, 0.1) is 5.56 Å². The number of benzene rings is 1. The highest BCUT2D eigenvalue weighted by atomic mass is 16.6. The highest BCUT2D eigenvalue weighted by molar-refractivity contribution is 5.97. The van der Waals surface area contributed by atoms with Gasteiger partial charge in [-0.1, -0.05) is 13.0 Å². The van der Waals surface area contributed by atoms with E-state index in [0.29, 0.717) is 43.2 Å². The number of fused-ring (bicyclic) bond motifs is 1. The first-order chi connectivity index (χ1) is 7.83. The minimum absolute atomic E-state index is 0.147. The van der Waals surface area contributed by atoms with Crippen LogP contribution in [0.3, 0.4) is 0 Å². The summed E-state index contributed by atoms with van der Waals surface area (Å²) in [6, 6.07) is 5.31. The van der Waals surface area contributed by atoms with Crippen molar-refractivity contribution in [3.8, 4) is 11.5 Å². The van der Waals surface area contributed by atoms with E-state index in [2.05, 4.69) is 12.2 Å². The van der Waals surface area contributed by atoms with Crippen molar-refractivity contribution < 1.29 is 14.3 Å². The summed E-state index contributed by atoms with van der Waals surface area (Å²) in [5.74, 6) is 1.02. The summed E-state index contributed by atoms with van der Waals surface area (Å²) in [5.41, 5.74) is 0.519. The first-order valence-electron chi connectivity index (χ1n) is 5.29. The van der Waals surface area contributed by atoms with E-state index in [-0.39, 0.29) is 5.91 Å². The maximum atomic E-state index is 11.8. The molecule has 4 heteroatoms. The first kappa shape index (κ1) is 10.8. The van der Waals surface area contributed by atoms with Crippen LogP contribution in [0.15, 0.2) is 18.2 Å². The van der Waals surface area contributed by atoms with Gasteiger partial charge in [-0.05, 0) is 18.6 Å². The molecule has 1 aromatic carbocycles. The van der Waals surface area contributed by atoms with Crippen LogP contribution in [0, 0.1) is 6.92 Å². The second-order valence-corrected chi connectivity index (χ2v) is 3.44. The van der Waals surface area contributed by atoms with E-state index in [1.807, 2.05) is 0 Å². The molecule has 1 aromatic rings. The molecule has 0 saturated carbocycles. The molecule has 0 aromatic heterocycles. The second-order valence-electron chi connectivity index (χ2n) is 3.44. The molecule has 0 spiro atoms. The van der Waals surface area contributed by atoms with E-state index < -0.39 is 0 Å². The van der Waals surface area contributed by atoms with E-state index in [0.717, 1.165) is 0 Å². The number of para-hydroxylation sites is 1. The normalized spacial score (nSPS) is 13.3. The lowest BCUT2D eigenvalue weighted by atomic mass is 10.1. The van der Waals surface area contributed by atoms with E-state index in [1.54, 1.807) is 18.2 Å². The summed E-state index contributed by atoms with van der Waals surface area (Å²) in [5, 5.41) is 2.76. The largest absolute Gasteiger partial charge is 0.486 e. The van der Waals surface area contributed by atoms with Gasteiger partial charge in [-0.2, -0.15) is 0 Å². The van der Waals surface area contributed by atoms with Crippen molar-refractivity contribution in [2.24, 2.45) is 0 Å². The third-order valence-electron chi connectivity index (χ3n) is 2.27. The zero-order valence-electron chi connectivity index (χ0n) is 8.99. The Bertz CT molecular complexity index is 390. The Balaban J connectivity index is 2.23. The van der Waals surface area contributed by atoms with Crippen LogP contribution >= 0.6 is 0 Å². The summed E-state index contributed by atoms with van der Waals surface area (Å²) in [4.78, 5) is 11.8. The van der Waals surface area contributed by atoms with E-state index >= 15 is 0 Å². The third kappa shape index (κ3) is 2.10.